The number of ether oxygens (including phenoxy) is 1. The number of nitrogens with zero attached hydrogens (tertiary/aromatic N) is 4. The number of carbonyl (C=O) groups is 1. The Morgan fingerprint density at radius 3 is 2.78 bits per heavy atom. The van der Waals surface area contributed by atoms with E-state index < -0.39 is 0 Å². The summed E-state index contributed by atoms with van der Waals surface area (Å²) in [6.07, 6.45) is 4.80. The van der Waals surface area contributed by atoms with E-state index in [0.29, 0.717) is 0 Å². The Morgan fingerprint density at radius 2 is 2.00 bits per heavy atom. The van der Waals surface area contributed by atoms with Crippen LogP contribution in [0.5, 0.6) is 0 Å². The van der Waals surface area contributed by atoms with Gasteiger partial charge in [-0.2, -0.15) is 5.10 Å². The van der Waals surface area contributed by atoms with Gasteiger partial charge in [-0.25, -0.2) is 4.68 Å². The topological polar surface area (TPSA) is 50.6 Å². The highest BCUT2D eigenvalue weighted by Gasteiger charge is 2.29. The van der Waals surface area contributed by atoms with Crippen LogP contribution >= 0.6 is 0 Å². The van der Waals surface area contributed by atoms with E-state index in [1.54, 1.807) is 0 Å². The second-order valence-electron chi connectivity index (χ2n) is 7.48. The number of hydrogen-bond acceptors (Lipinski definition) is 4. The summed E-state index contributed by atoms with van der Waals surface area (Å²) >= 11 is 0. The molecule has 1 unspecified atom stereocenters. The highest BCUT2D eigenvalue weighted by atomic mass is 16.5. The van der Waals surface area contributed by atoms with Gasteiger partial charge in [-0.1, -0.05) is 18.2 Å². The van der Waals surface area contributed by atoms with Gasteiger partial charge >= 0.3 is 0 Å². The van der Waals surface area contributed by atoms with Crippen LogP contribution in [0.4, 0.5) is 0 Å². The molecule has 1 atom stereocenters. The minimum atomic E-state index is -0.206. The highest BCUT2D eigenvalue weighted by Crippen LogP contribution is 2.18. The van der Waals surface area contributed by atoms with Crippen LogP contribution in [-0.4, -0.2) is 64.4 Å². The molecule has 0 spiro atoms. The Hall–Kier alpha value is -2.18. The van der Waals surface area contributed by atoms with Crippen molar-refractivity contribution in [3.8, 4) is 5.69 Å². The van der Waals surface area contributed by atoms with E-state index >= 15 is 0 Å². The van der Waals surface area contributed by atoms with Crippen LogP contribution in [0.15, 0.2) is 36.5 Å². The SMILES string of the molecule is Cc1nn(-c2ccccc2)cc1CN1CCCN(C(=O)C2CCCO2)CC1. The van der Waals surface area contributed by atoms with Gasteiger partial charge in [0.2, 0.25) is 0 Å². The third-order valence-corrected chi connectivity index (χ3v) is 5.52. The molecule has 3 heterocycles. The standard InChI is InChI=1S/C21H28N4O2/c1-17-18(16-25(22-17)19-7-3-2-4-8-19)15-23-10-6-11-24(13-12-23)21(26)20-9-5-14-27-20/h2-4,7-8,16,20H,5-6,9-15H2,1H3. The van der Waals surface area contributed by atoms with Gasteiger partial charge < -0.3 is 9.64 Å². The van der Waals surface area contributed by atoms with Crippen LogP contribution in [0.2, 0.25) is 0 Å². The number of aryl methyl sites for hydroxylation is 1. The monoisotopic (exact) mass is 368 g/mol. The van der Waals surface area contributed by atoms with E-state index in [4.69, 9.17) is 4.74 Å². The largest absolute Gasteiger partial charge is 0.368 e. The Bertz CT molecular complexity index is 768. The van der Waals surface area contributed by atoms with E-state index in [-0.39, 0.29) is 12.0 Å². The molecule has 144 valence electrons. The predicted molar refractivity (Wildman–Crippen MR) is 104 cm³/mol. The molecule has 1 aromatic carbocycles. The predicted octanol–water partition coefficient (Wildman–Crippen LogP) is 2.39. The Labute approximate surface area is 160 Å². The van der Waals surface area contributed by atoms with E-state index in [0.717, 1.165) is 70.0 Å². The zero-order valence-corrected chi connectivity index (χ0v) is 16.0. The fourth-order valence-electron chi connectivity index (χ4n) is 3.93. The minimum Gasteiger partial charge on any atom is -0.368 e. The molecule has 2 fully saturated rings. The summed E-state index contributed by atoms with van der Waals surface area (Å²) < 4.78 is 7.53. The van der Waals surface area contributed by atoms with Gasteiger partial charge in [-0.05, 0) is 38.3 Å². The highest BCUT2D eigenvalue weighted by molar-refractivity contribution is 5.81. The Morgan fingerprint density at radius 1 is 1.15 bits per heavy atom. The number of benzene rings is 1. The van der Waals surface area contributed by atoms with E-state index in [9.17, 15) is 4.79 Å². The van der Waals surface area contributed by atoms with Gasteiger partial charge in [-0.15, -0.1) is 0 Å². The summed E-state index contributed by atoms with van der Waals surface area (Å²) in [5, 5.41) is 4.67. The van der Waals surface area contributed by atoms with Crippen molar-refractivity contribution in [3.05, 3.63) is 47.8 Å². The van der Waals surface area contributed by atoms with Crippen molar-refractivity contribution in [2.45, 2.75) is 38.8 Å². The lowest BCUT2D eigenvalue weighted by Crippen LogP contribution is -2.41. The first-order valence-corrected chi connectivity index (χ1v) is 9.94. The van der Waals surface area contributed by atoms with E-state index in [2.05, 4.69) is 35.3 Å². The first-order chi connectivity index (χ1) is 13.2. The average molecular weight is 368 g/mol. The summed E-state index contributed by atoms with van der Waals surface area (Å²) in [5.41, 5.74) is 3.39. The van der Waals surface area contributed by atoms with Crippen LogP contribution in [-0.2, 0) is 16.1 Å². The zero-order valence-electron chi connectivity index (χ0n) is 16.0. The number of aromatic nitrogens is 2. The number of amides is 1. The first kappa shape index (κ1) is 18.2. The number of para-hydroxylation sites is 1. The van der Waals surface area contributed by atoms with Crippen molar-refractivity contribution < 1.29 is 9.53 Å². The lowest BCUT2D eigenvalue weighted by molar-refractivity contribution is -0.140. The lowest BCUT2D eigenvalue weighted by atomic mass is 10.2. The molecule has 0 N–H and O–H groups in total. The van der Waals surface area contributed by atoms with Crippen LogP contribution < -0.4 is 0 Å². The Kier molecular flexibility index (Phi) is 5.55. The number of rotatable bonds is 4. The molecule has 4 rings (SSSR count). The molecule has 1 aromatic heterocycles. The van der Waals surface area contributed by atoms with Crippen LogP contribution in [0.3, 0.4) is 0 Å². The summed E-state index contributed by atoms with van der Waals surface area (Å²) in [7, 11) is 0. The van der Waals surface area contributed by atoms with Crippen molar-refractivity contribution in [3.63, 3.8) is 0 Å². The smallest absolute Gasteiger partial charge is 0.251 e. The summed E-state index contributed by atoms with van der Waals surface area (Å²) in [4.78, 5) is 17.0. The fourth-order valence-corrected chi connectivity index (χ4v) is 3.93. The van der Waals surface area contributed by atoms with Crippen molar-refractivity contribution in [1.82, 2.24) is 19.6 Å². The van der Waals surface area contributed by atoms with E-state index in [1.807, 2.05) is 27.8 Å². The quantitative estimate of drug-likeness (QED) is 0.832. The molecule has 0 saturated carbocycles. The third kappa shape index (κ3) is 4.22. The average Bonchev–Trinajstić information content (AvgIpc) is 3.28. The minimum absolute atomic E-state index is 0.183. The summed E-state index contributed by atoms with van der Waals surface area (Å²) in [5.74, 6) is 0.183. The van der Waals surface area contributed by atoms with Gasteiger partial charge in [0, 0.05) is 51.1 Å². The van der Waals surface area contributed by atoms with Gasteiger partial charge in [-0.3, -0.25) is 9.69 Å². The van der Waals surface area contributed by atoms with Crippen molar-refractivity contribution >= 4 is 5.91 Å². The molecule has 2 aliphatic rings. The summed E-state index contributed by atoms with van der Waals surface area (Å²) in [6, 6.07) is 10.2. The molecule has 6 heteroatoms. The fraction of sp³-hybridized carbons (Fsp3) is 0.524. The molecule has 6 nitrogen and oxygen atoms in total. The maximum Gasteiger partial charge on any atom is 0.251 e. The molecule has 0 aliphatic carbocycles. The Balaban J connectivity index is 1.37. The zero-order chi connectivity index (χ0) is 18.6. The molecule has 1 amide bonds. The number of hydrogen-bond donors (Lipinski definition) is 0. The van der Waals surface area contributed by atoms with Gasteiger partial charge in [0.05, 0.1) is 11.4 Å². The molecule has 2 aliphatic heterocycles. The van der Waals surface area contributed by atoms with Crippen LogP contribution in [0, 0.1) is 6.92 Å². The van der Waals surface area contributed by atoms with Gasteiger partial charge in [0.25, 0.3) is 5.91 Å². The van der Waals surface area contributed by atoms with Crippen LogP contribution in [0.25, 0.3) is 5.69 Å². The van der Waals surface area contributed by atoms with Crippen molar-refractivity contribution in [1.29, 1.82) is 0 Å². The van der Waals surface area contributed by atoms with E-state index in [1.165, 1.54) is 5.56 Å². The van der Waals surface area contributed by atoms with Gasteiger partial charge in [0.15, 0.2) is 0 Å². The van der Waals surface area contributed by atoms with Crippen molar-refractivity contribution in [2.24, 2.45) is 0 Å². The van der Waals surface area contributed by atoms with Crippen LogP contribution in [0.1, 0.15) is 30.5 Å². The molecular weight excluding hydrogens is 340 g/mol. The number of carbonyl (C=O) groups excluding carboxylic acids is 1. The second-order valence-corrected chi connectivity index (χ2v) is 7.48. The lowest BCUT2D eigenvalue weighted by Gasteiger charge is -2.24. The second kappa shape index (κ2) is 8.23. The van der Waals surface area contributed by atoms with Crippen molar-refractivity contribution in [2.75, 3.05) is 32.8 Å². The molecule has 27 heavy (non-hydrogen) atoms. The van der Waals surface area contributed by atoms with Gasteiger partial charge in [0.1, 0.15) is 6.10 Å². The molecule has 0 radical (unpaired) electrons. The maximum atomic E-state index is 12.6. The summed E-state index contributed by atoms with van der Waals surface area (Å²) in [6.45, 7) is 7.18. The molecular formula is C21H28N4O2. The molecule has 0 bridgehead atoms. The molecule has 2 saturated heterocycles. The normalized spacial score (nSPS) is 21.4. The maximum absolute atomic E-state index is 12.6. The third-order valence-electron chi connectivity index (χ3n) is 5.52. The first-order valence-electron chi connectivity index (χ1n) is 9.94. The molecule has 2 aromatic rings.